The van der Waals surface area contributed by atoms with Gasteiger partial charge in [0.25, 0.3) is 0 Å². The van der Waals surface area contributed by atoms with E-state index in [1.54, 1.807) is 18.2 Å². The molecule has 0 spiro atoms. The first-order chi connectivity index (χ1) is 5.33. The zero-order valence-corrected chi connectivity index (χ0v) is 6.06. The average Bonchev–Trinajstić information content (AvgIpc) is 2.04. The summed E-state index contributed by atoms with van der Waals surface area (Å²) in [5, 5.41) is 10.5. The first kappa shape index (κ1) is 7.60. The summed E-state index contributed by atoms with van der Waals surface area (Å²) < 4.78 is 5.85. The third-order valence-electron chi connectivity index (χ3n) is 1.14. The highest BCUT2D eigenvalue weighted by Crippen LogP contribution is 2.04. The Labute approximate surface area is 65.1 Å². The lowest BCUT2D eigenvalue weighted by Crippen LogP contribution is -2.23. The molecule has 0 aromatic carbocycles. The molecule has 0 aliphatic heterocycles. The van der Waals surface area contributed by atoms with Gasteiger partial charge in [0.15, 0.2) is 12.4 Å². The number of ether oxygens (including phenoxy) is 1. The minimum absolute atomic E-state index is 0.461. The van der Waals surface area contributed by atoms with Crippen LogP contribution in [0.2, 0.25) is 0 Å². The number of hydrogen-bond acceptors (Lipinski definition) is 2. The fraction of sp³-hybridized carbons (Fsp3) is 0.125. The second kappa shape index (κ2) is 3.61. The van der Waals surface area contributed by atoms with Gasteiger partial charge in [-0.15, -0.1) is 0 Å². The van der Waals surface area contributed by atoms with Gasteiger partial charge >= 0.3 is 0 Å². The summed E-state index contributed by atoms with van der Waals surface area (Å²) in [5.74, 6) is 0.678. The van der Waals surface area contributed by atoms with Crippen molar-refractivity contribution in [2.24, 2.45) is 0 Å². The molecule has 0 atom stereocenters. The Morgan fingerprint density at radius 1 is 1.55 bits per heavy atom. The van der Waals surface area contributed by atoms with Crippen molar-refractivity contribution < 1.29 is 9.47 Å². The van der Waals surface area contributed by atoms with E-state index in [9.17, 15) is 5.21 Å². The molecule has 0 aliphatic rings. The van der Waals surface area contributed by atoms with Crippen LogP contribution < -0.4 is 9.47 Å². The molecule has 0 unspecified atom stereocenters. The minimum atomic E-state index is 0.461. The normalized spacial score (nSPS) is 9.09. The van der Waals surface area contributed by atoms with Gasteiger partial charge in [-0.05, 0) is 0 Å². The van der Waals surface area contributed by atoms with Gasteiger partial charge in [-0.25, -0.2) is 0 Å². The van der Waals surface area contributed by atoms with Crippen molar-refractivity contribution >= 4 is 0 Å². The number of hydrogen-bond donors (Lipinski definition) is 0. The van der Waals surface area contributed by atoms with Crippen molar-refractivity contribution in [1.82, 2.24) is 0 Å². The van der Waals surface area contributed by atoms with E-state index in [4.69, 9.17) is 4.74 Å². The Kier molecular flexibility index (Phi) is 2.49. The Bertz CT molecular complexity index is 230. The fourth-order valence-corrected chi connectivity index (χ4v) is 0.650. The predicted octanol–water partition coefficient (Wildman–Crippen LogP) is 0.885. The van der Waals surface area contributed by atoms with Gasteiger partial charge in [-0.3, -0.25) is 0 Å². The molecule has 0 amide bonds. The molecule has 0 aliphatic carbocycles. The summed E-state index contributed by atoms with van der Waals surface area (Å²) in [5.41, 5.74) is 0. The second-order valence-electron chi connectivity index (χ2n) is 1.99. The predicted molar refractivity (Wildman–Crippen MR) is 41.1 cm³/mol. The molecule has 1 heterocycles. The topological polar surface area (TPSA) is 36.2 Å². The minimum Gasteiger partial charge on any atom is -0.619 e. The highest BCUT2D eigenvalue weighted by Gasteiger charge is 1.92. The van der Waals surface area contributed by atoms with E-state index in [-0.39, 0.29) is 0 Å². The molecule has 3 nitrogen and oxygen atoms in total. The number of nitrogens with zero attached hydrogens (tertiary/aromatic N) is 1. The zero-order valence-electron chi connectivity index (χ0n) is 6.06. The van der Waals surface area contributed by atoms with Crippen LogP contribution in [0, 0.1) is 5.21 Å². The van der Waals surface area contributed by atoms with E-state index < -0.39 is 0 Å². The maximum atomic E-state index is 10.5. The van der Waals surface area contributed by atoms with E-state index in [0.29, 0.717) is 17.1 Å². The standard InChI is InChI=1S/C8H9NO2/c1-2-7-11-8-3-5-9(10)6-4-8/h2-6H,1,7H2. The largest absolute Gasteiger partial charge is 0.619 e. The molecular formula is C8H9NO2. The van der Waals surface area contributed by atoms with E-state index in [2.05, 4.69) is 6.58 Å². The first-order valence-electron chi connectivity index (χ1n) is 3.25. The van der Waals surface area contributed by atoms with Crippen LogP contribution in [0.25, 0.3) is 0 Å². The van der Waals surface area contributed by atoms with Crippen LogP contribution >= 0.6 is 0 Å². The molecule has 0 N–H and O–H groups in total. The third-order valence-corrected chi connectivity index (χ3v) is 1.14. The van der Waals surface area contributed by atoms with Gasteiger partial charge in [-0.1, -0.05) is 12.7 Å². The van der Waals surface area contributed by atoms with Crippen molar-refractivity contribution in [3.05, 3.63) is 42.4 Å². The van der Waals surface area contributed by atoms with Gasteiger partial charge < -0.3 is 9.94 Å². The van der Waals surface area contributed by atoms with Gasteiger partial charge in [0.05, 0.1) is 0 Å². The number of aromatic nitrogens is 1. The highest BCUT2D eigenvalue weighted by molar-refractivity contribution is 5.15. The molecule has 3 heteroatoms. The lowest BCUT2D eigenvalue weighted by molar-refractivity contribution is -0.605. The molecule has 0 saturated carbocycles. The van der Waals surface area contributed by atoms with Crippen LogP contribution in [0.5, 0.6) is 5.75 Å². The van der Waals surface area contributed by atoms with Crippen molar-refractivity contribution in [3.63, 3.8) is 0 Å². The Morgan fingerprint density at radius 2 is 2.18 bits per heavy atom. The summed E-state index contributed by atoms with van der Waals surface area (Å²) in [6.45, 7) is 3.96. The molecule has 1 rings (SSSR count). The van der Waals surface area contributed by atoms with Crippen LogP contribution in [0.4, 0.5) is 0 Å². The molecule has 1 aromatic rings. The first-order valence-corrected chi connectivity index (χ1v) is 3.25. The monoisotopic (exact) mass is 151 g/mol. The van der Waals surface area contributed by atoms with E-state index in [1.165, 1.54) is 12.4 Å². The Morgan fingerprint density at radius 3 is 2.73 bits per heavy atom. The van der Waals surface area contributed by atoms with Crippen LogP contribution in [0.1, 0.15) is 0 Å². The smallest absolute Gasteiger partial charge is 0.184 e. The summed E-state index contributed by atoms with van der Waals surface area (Å²) >= 11 is 0. The summed E-state index contributed by atoms with van der Waals surface area (Å²) in [6.07, 6.45) is 4.43. The molecular weight excluding hydrogens is 142 g/mol. The summed E-state index contributed by atoms with van der Waals surface area (Å²) in [4.78, 5) is 0. The summed E-state index contributed by atoms with van der Waals surface area (Å²) in [7, 11) is 0. The van der Waals surface area contributed by atoms with Gasteiger partial charge in [0, 0.05) is 12.1 Å². The SMILES string of the molecule is C=CCOc1cc[n+]([O-])cc1. The second-order valence-corrected chi connectivity index (χ2v) is 1.99. The van der Waals surface area contributed by atoms with Gasteiger partial charge in [0.2, 0.25) is 0 Å². The molecule has 0 bridgehead atoms. The van der Waals surface area contributed by atoms with Crippen LogP contribution in [-0.2, 0) is 0 Å². The highest BCUT2D eigenvalue weighted by atomic mass is 16.5. The fourth-order valence-electron chi connectivity index (χ4n) is 0.650. The maximum absolute atomic E-state index is 10.5. The molecule has 1 aromatic heterocycles. The van der Waals surface area contributed by atoms with Gasteiger partial charge in [-0.2, -0.15) is 4.73 Å². The maximum Gasteiger partial charge on any atom is 0.184 e. The molecule has 58 valence electrons. The Balaban J connectivity index is 2.58. The summed E-state index contributed by atoms with van der Waals surface area (Å²) in [6, 6.07) is 3.22. The Hall–Kier alpha value is -1.51. The quantitative estimate of drug-likeness (QED) is 0.365. The molecule has 0 fully saturated rings. The van der Waals surface area contributed by atoms with Crippen molar-refractivity contribution in [3.8, 4) is 5.75 Å². The lowest BCUT2D eigenvalue weighted by Gasteiger charge is -2.00. The van der Waals surface area contributed by atoms with E-state index >= 15 is 0 Å². The van der Waals surface area contributed by atoms with Crippen LogP contribution in [-0.4, -0.2) is 6.61 Å². The number of rotatable bonds is 3. The van der Waals surface area contributed by atoms with Crippen molar-refractivity contribution in [2.75, 3.05) is 6.61 Å². The van der Waals surface area contributed by atoms with Crippen molar-refractivity contribution in [1.29, 1.82) is 0 Å². The van der Waals surface area contributed by atoms with Crippen molar-refractivity contribution in [2.45, 2.75) is 0 Å². The third kappa shape index (κ3) is 2.29. The lowest BCUT2D eigenvalue weighted by atomic mass is 10.4. The zero-order chi connectivity index (χ0) is 8.10. The molecule has 0 radical (unpaired) electrons. The molecule has 11 heavy (non-hydrogen) atoms. The van der Waals surface area contributed by atoms with E-state index in [1.807, 2.05) is 0 Å². The average molecular weight is 151 g/mol. The van der Waals surface area contributed by atoms with Crippen LogP contribution in [0.15, 0.2) is 37.2 Å². The van der Waals surface area contributed by atoms with E-state index in [0.717, 1.165) is 0 Å². The van der Waals surface area contributed by atoms with Crippen LogP contribution in [0.3, 0.4) is 0 Å². The number of pyridine rings is 1. The molecule has 0 saturated heterocycles. The van der Waals surface area contributed by atoms with Gasteiger partial charge in [0.1, 0.15) is 12.4 Å².